The van der Waals surface area contributed by atoms with Crippen LogP contribution in [-0.4, -0.2) is 0 Å². The summed E-state index contributed by atoms with van der Waals surface area (Å²) in [5.74, 6) is 0. The molecule has 0 amide bonds. The van der Waals surface area contributed by atoms with Gasteiger partial charge in [-0.1, -0.05) is 191 Å². The third kappa shape index (κ3) is 6.39. The first-order valence-electron chi connectivity index (χ1n) is 23.2. The number of fused-ring (bicyclic) bond motifs is 7. The molecule has 0 saturated carbocycles. The highest BCUT2D eigenvalue weighted by molar-refractivity contribution is 5.99. The topological polar surface area (TPSA) is 6.48 Å². The molecule has 0 unspecified atom stereocenters. The van der Waals surface area contributed by atoms with E-state index in [0.717, 1.165) is 34.1 Å². The van der Waals surface area contributed by atoms with E-state index < -0.39 is 0 Å². The van der Waals surface area contributed by atoms with Crippen LogP contribution in [0.4, 0.5) is 34.1 Å². The highest BCUT2D eigenvalue weighted by Gasteiger charge is 2.37. The number of anilines is 6. The van der Waals surface area contributed by atoms with Gasteiger partial charge in [0.25, 0.3) is 0 Å². The number of nitrogens with zero attached hydrogens (tertiary/aromatic N) is 2. The van der Waals surface area contributed by atoms with Crippen molar-refractivity contribution < 1.29 is 0 Å². The standard InChI is InChI=1S/C64H50N2/c1-63(2)58-22-12-10-20-54(58)56-39-37-51(41-60(56)63)65(52-38-40-57-55-21-11-13-23-59(55)64(3,4)61(57)42-52)48-31-25-45(26-32-48)46-29-35-50(36-30-46)66(62-24-14-18-47-17-8-9-19-53(47)62)49-33-27-44(28-34-49)43-15-6-5-7-16-43/h5-42H,1-4H3. The molecule has 0 N–H and O–H groups in total. The van der Waals surface area contributed by atoms with E-state index in [-0.39, 0.29) is 10.8 Å². The second-order valence-electron chi connectivity index (χ2n) is 19.0. The highest BCUT2D eigenvalue weighted by Crippen LogP contribution is 2.53. The molecule has 0 fully saturated rings. The van der Waals surface area contributed by atoms with Crippen LogP contribution in [-0.2, 0) is 10.8 Å². The molecule has 0 spiro atoms. The van der Waals surface area contributed by atoms with E-state index in [9.17, 15) is 0 Å². The molecule has 2 heteroatoms. The quantitative estimate of drug-likeness (QED) is 0.150. The molecule has 0 saturated heterocycles. The van der Waals surface area contributed by atoms with Crippen LogP contribution in [0.5, 0.6) is 0 Å². The summed E-state index contributed by atoms with van der Waals surface area (Å²) in [7, 11) is 0. The molecule has 0 radical (unpaired) electrons. The zero-order valence-corrected chi connectivity index (χ0v) is 37.8. The summed E-state index contributed by atoms with van der Waals surface area (Å²) in [6, 6.07) is 84.9. The van der Waals surface area contributed by atoms with Crippen molar-refractivity contribution in [1.29, 1.82) is 0 Å². The van der Waals surface area contributed by atoms with Gasteiger partial charge in [0.15, 0.2) is 0 Å². The van der Waals surface area contributed by atoms with E-state index in [1.54, 1.807) is 0 Å². The minimum Gasteiger partial charge on any atom is -0.310 e. The minimum absolute atomic E-state index is 0.111. The number of hydrogen-bond donors (Lipinski definition) is 0. The van der Waals surface area contributed by atoms with Crippen molar-refractivity contribution in [3.8, 4) is 44.5 Å². The average molecular weight is 847 g/mol. The van der Waals surface area contributed by atoms with E-state index >= 15 is 0 Å². The fourth-order valence-electron chi connectivity index (χ4n) is 11.0. The zero-order valence-electron chi connectivity index (χ0n) is 37.8. The van der Waals surface area contributed by atoms with E-state index in [0.29, 0.717) is 0 Å². The molecule has 10 aromatic rings. The summed E-state index contributed by atoms with van der Waals surface area (Å²) in [6.07, 6.45) is 0. The Morgan fingerprint density at radius 1 is 0.273 bits per heavy atom. The van der Waals surface area contributed by atoms with Gasteiger partial charge in [0, 0.05) is 44.7 Å². The molecule has 0 aromatic heterocycles. The maximum Gasteiger partial charge on any atom is 0.0540 e. The number of benzene rings is 10. The third-order valence-electron chi connectivity index (χ3n) is 14.5. The fourth-order valence-corrected chi connectivity index (χ4v) is 11.0. The molecule has 0 bridgehead atoms. The van der Waals surface area contributed by atoms with Gasteiger partial charge in [-0.05, 0) is 139 Å². The monoisotopic (exact) mass is 846 g/mol. The van der Waals surface area contributed by atoms with Gasteiger partial charge < -0.3 is 9.80 Å². The molecule has 2 nitrogen and oxygen atoms in total. The molecular weight excluding hydrogens is 797 g/mol. The molecule has 66 heavy (non-hydrogen) atoms. The van der Waals surface area contributed by atoms with Gasteiger partial charge in [-0.25, -0.2) is 0 Å². The Hall–Kier alpha value is -7.94. The molecule has 2 aliphatic rings. The van der Waals surface area contributed by atoms with Crippen LogP contribution in [0.2, 0.25) is 0 Å². The van der Waals surface area contributed by atoms with Gasteiger partial charge in [-0.3, -0.25) is 0 Å². The molecule has 0 aliphatic heterocycles. The lowest BCUT2D eigenvalue weighted by Gasteiger charge is -2.30. The Morgan fingerprint density at radius 3 is 1.17 bits per heavy atom. The summed E-state index contributed by atoms with van der Waals surface area (Å²) in [6.45, 7) is 9.46. The van der Waals surface area contributed by atoms with Crippen molar-refractivity contribution in [1.82, 2.24) is 0 Å². The predicted molar refractivity (Wildman–Crippen MR) is 279 cm³/mol. The van der Waals surface area contributed by atoms with Gasteiger partial charge in [-0.15, -0.1) is 0 Å². The lowest BCUT2D eigenvalue weighted by atomic mass is 9.82. The number of hydrogen-bond acceptors (Lipinski definition) is 2. The van der Waals surface area contributed by atoms with Crippen LogP contribution in [0.1, 0.15) is 49.9 Å². The highest BCUT2D eigenvalue weighted by atomic mass is 15.1. The Morgan fingerprint density at radius 2 is 0.652 bits per heavy atom. The van der Waals surface area contributed by atoms with Crippen molar-refractivity contribution in [3.05, 3.63) is 253 Å². The van der Waals surface area contributed by atoms with Crippen molar-refractivity contribution in [2.45, 2.75) is 38.5 Å². The smallest absolute Gasteiger partial charge is 0.0540 e. The third-order valence-corrected chi connectivity index (χ3v) is 14.5. The summed E-state index contributed by atoms with van der Waals surface area (Å²) < 4.78 is 0. The molecule has 0 atom stereocenters. The van der Waals surface area contributed by atoms with Crippen molar-refractivity contribution in [3.63, 3.8) is 0 Å². The Bertz CT molecular complexity index is 3340. The Kier molecular flexibility index (Phi) is 9.22. The zero-order chi connectivity index (χ0) is 44.6. The SMILES string of the molecule is CC1(C)c2ccccc2-c2ccc(N(c3ccc(-c4ccc(N(c5ccc(-c6ccccc6)cc5)c5cccc6ccccc56)cc4)cc3)c3ccc4c(c3)C(C)(C)c3ccccc3-4)cc21. The molecule has 12 rings (SSSR count). The van der Waals surface area contributed by atoms with E-state index in [2.05, 4.69) is 268 Å². The molecular formula is C64H50N2. The van der Waals surface area contributed by atoms with E-state index in [4.69, 9.17) is 0 Å². The second-order valence-corrected chi connectivity index (χ2v) is 19.0. The first-order valence-corrected chi connectivity index (χ1v) is 23.2. The summed E-state index contributed by atoms with van der Waals surface area (Å²) >= 11 is 0. The van der Waals surface area contributed by atoms with Crippen LogP contribution >= 0.6 is 0 Å². The molecule has 316 valence electrons. The normalized spacial score (nSPS) is 13.7. The van der Waals surface area contributed by atoms with Crippen LogP contribution in [0, 0.1) is 0 Å². The minimum atomic E-state index is -0.111. The van der Waals surface area contributed by atoms with Crippen molar-refractivity contribution in [2.24, 2.45) is 0 Å². The van der Waals surface area contributed by atoms with Crippen LogP contribution in [0.25, 0.3) is 55.3 Å². The van der Waals surface area contributed by atoms with Gasteiger partial charge >= 0.3 is 0 Å². The summed E-state index contributed by atoms with van der Waals surface area (Å²) in [5.41, 5.74) is 22.2. The second kappa shape index (κ2) is 15.4. The van der Waals surface area contributed by atoms with Gasteiger partial charge in [-0.2, -0.15) is 0 Å². The summed E-state index contributed by atoms with van der Waals surface area (Å²) in [4.78, 5) is 4.84. The van der Waals surface area contributed by atoms with Crippen LogP contribution in [0.15, 0.2) is 231 Å². The predicted octanol–water partition coefficient (Wildman–Crippen LogP) is 17.7. The lowest BCUT2D eigenvalue weighted by molar-refractivity contribution is 0.660. The first-order chi connectivity index (χ1) is 32.2. The van der Waals surface area contributed by atoms with Crippen LogP contribution < -0.4 is 9.80 Å². The van der Waals surface area contributed by atoms with Crippen molar-refractivity contribution >= 4 is 44.9 Å². The van der Waals surface area contributed by atoms with E-state index in [1.165, 1.54) is 77.5 Å². The Labute approximate surface area is 388 Å². The first kappa shape index (κ1) is 39.6. The maximum absolute atomic E-state index is 2.46. The Balaban J connectivity index is 0.923. The maximum atomic E-state index is 2.46. The van der Waals surface area contributed by atoms with Crippen molar-refractivity contribution in [2.75, 3.05) is 9.80 Å². The van der Waals surface area contributed by atoms with Gasteiger partial charge in [0.05, 0.1) is 5.69 Å². The van der Waals surface area contributed by atoms with Gasteiger partial charge in [0.1, 0.15) is 0 Å². The summed E-state index contributed by atoms with van der Waals surface area (Å²) in [5, 5.41) is 2.43. The van der Waals surface area contributed by atoms with E-state index in [1.807, 2.05) is 0 Å². The molecule has 0 heterocycles. The fraction of sp³-hybridized carbons (Fsp3) is 0.0938. The van der Waals surface area contributed by atoms with Gasteiger partial charge in [0.2, 0.25) is 0 Å². The largest absolute Gasteiger partial charge is 0.310 e. The average Bonchev–Trinajstić information content (AvgIpc) is 3.74. The molecule has 2 aliphatic carbocycles. The number of rotatable bonds is 8. The van der Waals surface area contributed by atoms with Crippen LogP contribution in [0.3, 0.4) is 0 Å². The lowest BCUT2D eigenvalue weighted by Crippen LogP contribution is -2.18. The molecule has 10 aromatic carbocycles.